The van der Waals surface area contributed by atoms with Crippen molar-refractivity contribution in [2.45, 2.75) is 40.7 Å². The molecule has 0 heterocycles. The molecule has 2 N–H and O–H groups in total. The molecule has 6 heteroatoms. The lowest BCUT2D eigenvalue weighted by molar-refractivity contribution is -0.131. The maximum Gasteiger partial charge on any atom is 0.308 e. The van der Waals surface area contributed by atoms with Crippen molar-refractivity contribution in [1.82, 2.24) is 5.32 Å². The van der Waals surface area contributed by atoms with Crippen molar-refractivity contribution in [1.29, 1.82) is 0 Å². The Morgan fingerprint density at radius 2 is 1.76 bits per heavy atom. The van der Waals surface area contributed by atoms with Gasteiger partial charge in [-0.25, -0.2) is 0 Å². The zero-order chi connectivity index (χ0) is 21.4. The second kappa shape index (κ2) is 10.8. The molecule has 0 bridgehead atoms. The smallest absolute Gasteiger partial charge is 0.308 e. The van der Waals surface area contributed by atoms with Gasteiger partial charge in [-0.05, 0) is 62.1 Å². The molecule has 0 fully saturated rings. The second-order valence-corrected chi connectivity index (χ2v) is 7.15. The Morgan fingerprint density at radius 3 is 2.45 bits per heavy atom. The molecule has 2 aromatic rings. The maximum atomic E-state index is 11.3. The number of aliphatic hydroxyl groups excluding tert-OH is 1. The van der Waals surface area contributed by atoms with Gasteiger partial charge in [-0.1, -0.05) is 18.2 Å². The summed E-state index contributed by atoms with van der Waals surface area (Å²) in [6, 6.07) is 9.70. The van der Waals surface area contributed by atoms with E-state index in [9.17, 15) is 9.90 Å². The molecular formula is C23H31NO5. The van der Waals surface area contributed by atoms with E-state index in [1.165, 1.54) is 6.92 Å². The number of aryl methyl sites for hydroxylation is 2. The number of aliphatic hydroxyl groups is 1. The Morgan fingerprint density at radius 1 is 1.03 bits per heavy atom. The van der Waals surface area contributed by atoms with Crippen LogP contribution in [0.4, 0.5) is 0 Å². The molecule has 6 nitrogen and oxygen atoms in total. The number of hydrogen-bond acceptors (Lipinski definition) is 6. The van der Waals surface area contributed by atoms with Crippen molar-refractivity contribution >= 4 is 5.97 Å². The average molecular weight is 402 g/mol. The predicted octanol–water partition coefficient (Wildman–Crippen LogP) is 3.25. The highest BCUT2D eigenvalue weighted by Gasteiger charge is 2.15. The fourth-order valence-electron chi connectivity index (χ4n) is 2.94. The summed E-state index contributed by atoms with van der Waals surface area (Å²) < 4.78 is 16.8. The van der Waals surface area contributed by atoms with E-state index in [0.29, 0.717) is 31.2 Å². The van der Waals surface area contributed by atoms with E-state index in [1.54, 1.807) is 0 Å². The molecule has 0 aliphatic carbocycles. The number of esters is 1. The van der Waals surface area contributed by atoms with E-state index in [4.69, 9.17) is 14.2 Å². The SMILES string of the molecule is CC(=O)Oc1c(C)cc(OCC(O)CNCCOc2ccccc2C)c(C)c1C. The molecule has 0 saturated heterocycles. The third-order valence-corrected chi connectivity index (χ3v) is 4.67. The van der Waals surface area contributed by atoms with Gasteiger partial charge < -0.3 is 24.6 Å². The number of nitrogens with one attached hydrogen (secondary N) is 1. The fourth-order valence-corrected chi connectivity index (χ4v) is 2.94. The molecule has 0 saturated carbocycles. The summed E-state index contributed by atoms with van der Waals surface area (Å²) in [5.41, 5.74) is 3.66. The second-order valence-electron chi connectivity index (χ2n) is 7.15. The van der Waals surface area contributed by atoms with Crippen LogP contribution < -0.4 is 19.5 Å². The molecule has 0 spiro atoms. The van der Waals surface area contributed by atoms with Crippen LogP contribution in [-0.2, 0) is 4.79 Å². The largest absolute Gasteiger partial charge is 0.492 e. The molecule has 158 valence electrons. The lowest BCUT2D eigenvalue weighted by Gasteiger charge is -2.18. The zero-order valence-electron chi connectivity index (χ0n) is 17.9. The first kappa shape index (κ1) is 22.7. The molecule has 0 aliphatic rings. The summed E-state index contributed by atoms with van der Waals surface area (Å²) in [5.74, 6) is 1.77. The molecule has 0 radical (unpaired) electrons. The normalized spacial score (nSPS) is 11.8. The van der Waals surface area contributed by atoms with Crippen molar-refractivity contribution in [2.24, 2.45) is 0 Å². The zero-order valence-corrected chi connectivity index (χ0v) is 17.9. The number of para-hydroxylation sites is 1. The van der Waals surface area contributed by atoms with Gasteiger partial charge in [0.15, 0.2) is 0 Å². The number of ether oxygens (including phenoxy) is 3. The van der Waals surface area contributed by atoms with E-state index < -0.39 is 6.10 Å². The topological polar surface area (TPSA) is 77.0 Å². The molecule has 2 rings (SSSR count). The first-order valence-electron chi connectivity index (χ1n) is 9.78. The highest BCUT2D eigenvalue weighted by atomic mass is 16.5. The quantitative estimate of drug-likeness (QED) is 0.362. The summed E-state index contributed by atoms with van der Waals surface area (Å²) in [7, 11) is 0. The van der Waals surface area contributed by atoms with Crippen LogP contribution in [0.1, 0.15) is 29.2 Å². The van der Waals surface area contributed by atoms with Crippen LogP contribution in [0.5, 0.6) is 17.2 Å². The Kier molecular flexibility index (Phi) is 8.49. The van der Waals surface area contributed by atoms with Gasteiger partial charge >= 0.3 is 5.97 Å². The number of carbonyl (C=O) groups excluding carboxylic acids is 1. The van der Waals surface area contributed by atoms with Crippen LogP contribution in [0.25, 0.3) is 0 Å². The average Bonchev–Trinajstić information content (AvgIpc) is 2.68. The van der Waals surface area contributed by atoms with E-state index in [1.807, 2.05) is 58.0 Å². The van der Waals surface area contributed by atoms with Gasteiger partial charge in [0.1, 0.15) is 36.6 Å². The van der Waals surface area contributed by atoms with Crippen LogP contribution in [0.3, 0.4) is 0 Å². The van der Waals surface area contributed by atoms with Gasteiger partial charge in [0.25, 0.3) is 0 Å². The third-order valence-electron chi connectivity index (χ3n) is 4.67. The van der Waals surface area contributed by atoms with Crippen LogP contribution in [0, 0.1) is 27.7 Å². The number of hydrogen-bond donors (Lipinski definition) is 2. The van der Waals surface area contributed by atoms with Gasteiger partial charge in [-0.15, -0.1) is 0 Å². The molecule has 2 aromatic carbocycles. The summed E-state index contributed by atoms with van der Waals surface area (Å²) in [6.45, 7) is 10.8. The van der Waals surface area contributed by atoms with Gasteiger partial charge in [0.05, 0.1) is 0 Å². The van der Waals surface area contributed by atoms with E-state index in [0.717, 1.165) is 28.0 Å². The van der Waals surface area contributed by atoms with E-state index >= 15 is 0 Å². The lowest BCUT2D eigenvalue weighted by atomic mass is 10.0. The van der Waals surface area contributed by atoms with Crippen molar-refractivity contribution in [2.75, 3.05) is 26.3 Å². The van der Waals surface area contributed by atoms with E-state index in [2.05, 4.69) is 5.32 Å². The molecular weight excluding hydrogens is 370 g/mol. The highest BCUT2D eigenvalue weighted by Crippen LogP contribution is 2.33. The summed E-state index contributed by atoms with van der Waals surface area (Å²) >= 11 is 0. The molecule has 1 atom stereocenters. The Hall–Kier alpha value is -2.57. The summed E-state index contributed by atoms with van der Waals surface area (Å²) in [6.07, 6.45) is -0.651. The first-order valence-corrected chi connectivity index (χ1v) is 9.78. The minimum atomic E-state index is -0.651. The maximum absolute atomic E-state index is 11.3. The van der Waals surface area contributed by atoms with Gasteiger partial charge in [0, 0.05) is 20.0 Å². The first-order chi connectivity index (χ1) is 13.8. The van der Waals surface area contributed by atoms with Gasteiger partial charge in [0.2, 0.25) is 0 Å². The van der Waals surface area contributed by atoms with Crippen LogP contribution >= 0.6 is 0 Å². The van der Waals surface area contributed by atoms with Gasteiger partial charge in [-0.3, -0.25) is 4.79 Å². The lowest BCUT2D eigenvalue weighted by Crippen LogP contribution is -2.33. The van der Waals surface area contributed by atoms with Gasteiger partial charge in [-0.2, -0.15) is 0 Å². The van der Waals surface area contributed by atoms with Crippen molar-refractivity contribution in [3.8, 4) is 17.2 Å². The number of benzene rings is 2. The minimum absolute atomic E-state index is 0.165. The minimum Gasteiger partial charge on any atom is -0.492 e. The number of carbonyl (C=O) groups is 1. The van der Waals surface area contributed by atoms with Crippen LogP contribution in [-0.4, -0.2) is 43.5 Å². The molecule has 29 heavy (non-hydrogen) atoms. The van der Waals surface area contributed by atoms with Crippen molar-refractivity contribution < 1.29 is 24.1 Å². The Bertz CT molecular complexity index is 834. The molecule has 0 aliphatic heterocycles. The summed E-state index contributed by atoms with van der Waals surface area (Å²) in [5, 5.41) is 13.3. The standard InChI is InChI=1S/C23H31NO5/c1-15-8-6-7-9-21(15)27-11-10-24-13-20(26)14-28-22-12-16(2)23(29-19(5)25)18(4)17(22)3/h6-9,12,20,24,26H,10-11,13-14H2,1-5H3. The van der Waals surface area contributed by atoms with Crippen LogP contribution in [0.15, 0.2) is 30.3 Å². The fraction of sp³-hybridized carbons (Fsp3) is 0.435. The molecule has 0 aromatic heterocycles. The monoisotopic (exact) mass is 401 g/mol. The van der Waals surface area contributed by atoms with Crippen molar-refractivity contribution in [3.05, 3.63) is 52.6 Å². The summed E-state index contributed by atoms with van der Waals surface area (Å²) in [4.78, 5) is 11.3. The van der Waals surface area contributed by atoms with E-state index in [-0.39, 0.29) is 12.6 Å². The molecule has 1 unspecified atom stereocenters. The Labute approximate surface area is 172 Å². The number of rotatable bonds is 10. The third kappa shape index (κ3) is 6.76. The predicted molar refractivity (Wildman–Crippen MR) is 113 cm³/mol. The van der Waals surface area contributed by atoms with Crippen molar-refractivity contribution in [3.63, 3.8) is 0 Å². The Balaban J connectivity index is 1.77. The van der Waals surface area contributed by atoms with Crippen LogP contribution in [0.2, 0.25) is 0 Å². The highest BCUT2D eigenvalue weighted by molar-refractivity contribution is 5.71. The molecule has 0 amide bonds.